The molecule has 0 radical (unpaired) electrons. The van der Waals surface area contributed by atoms with E-state index in [4.69, 9.17) is 4.74 Å². The minimum absolute atomic E-state index is 0.728. The van der Waals surface area contributed by atoms with Crippen LogP contribution in [-0.4, -0.2) is 21.6 Å². The lowest BCUT2D eigenvalue weighted by Gasteiger charge is -2.18. The average molecular weight is 333 g/mol. The second kappa shape index (κ2) is 7.09. The number of hydrogen-bond donors (Lipinski definition) is 0. The predicted octanol–water partition coefficient (Wildman–Crippen LogP) is 4.60. The predicted molar refractivity (Wildman–Crippen MR) is 99.2 cm³/mol. The highest BCUT2D eigenvalue weighted by atomic mass is 16.5. The van der Waals surface area contributed by atoms with Crippen LogP contribution < -0.4 is 4.74 Å². The Bertz CT molecular complexity index is 869. The normalized spacial score (nSPS) is 13.5. The molecule has 1 aliphatic rings. The standard InChI is InChI=1S/C21H23N3O/c1-2-13-25-18-10-5-9-17(14-18)20-15-24(23-22-20)21-12-6-8-16-7-3-4-11-19(16)21/h5-6,8-10,12,14-15H,2-4,7,11,13H2,1H3. The molecule has 3 aromatic rings. The Morgan fingerprint density at radius 2 is 1.96 bits per heavy atom. The molecule has 1 aliphatic carbocycles. The van der Waals surface area contributed by atoms with Gasteiger partial charge in [0.2, 0.25) is 0 Å². The third-order valence-corrected chi connectivity index (χ3v) is 4.71. The molecule has 1 heterocycles. The molecule has 4 rings (SSSR count). The van der Waals surface area contributed by atoms with Gasteiger partial charge < -0.3 is 4.74 Å². The zero-order chi connectivity index (χ0) is 17.1. The van der Waals surface area contributed by atoms with Gasteiger partial charge in [0.25, 0.3) is 0 Å². The Kier molecular flexibility index (Phi) is 4.51. The molecule has 0 spiro atoms. The van der Waals surface area contributed by atoms with Gasteiger partial charge in [-0.05, 0) is 61.4 Å². The molecule has 0 unspecified atom stereocenters. The summed E-state index contributed by atoms with van der Waals surface area (Å²) in [7, 11) is 0. The van der Waals surface area contributed by atoms with Crippen molar-refractivity contribution < 1.29 is 4.74 Å². The van der Waals surface area contributed by atoms with Crippen LogP contribution in [0.4, 0.5) is 0 Å². The highest BCUT2D eigenvalue weighted by Crippen LogP contribution is 2.28. The van der Waals surface area contributed by atoms with Crippen molar-refractivity contribution in [2.45, 2.75) is 39.0 Å². The summed E-state index contributed by atoms with van der Waals surface area (Å²) < 4.78 is 7.64. The summed E-state index contributed by atoms with van der Waals surface area (Å²) in [5, 5.41) is 8.78. The lowest BCUT2D eigenvalue weighted by molar-refractivity contribution is 0.317. The zero-order valence-corrected chi connectivity index (χ0v) is 14.6. The van der Waals surface area contributed by atoms with Crippen molar-refractivity contribution in [2.75, 3.05) is 6.61 Å². The second-order valence-corrected chi connectivity index (χ2v) is 6.55. The highest BCUT2D eigenvalue weighted by molar-refractivity contribution is 5.61. The maximum Gasteiger partial charge on any atom is 0.119 e. The monoisotopic (exact) mass is 333 g/mol. The number of rotatable bonds is 5. The summed E-state index contributed by atoms with van der Waals surface area (Å²) in [6.45, 7) is 2.84. The van der Waals surface area contributed by atoms with Gasteiger partial charge in [-0.15, -0.1) is 5.10 Å². The molecule has 0 aliphatic heterocycles. The molecule has 0 atom stereocenters. The third-order valence-electron chi connectivity index (χ3n) is 4.71. The molecule has 0 saturated carbocycles. The molecule has 0 fully saturated rings. The van der Waals surface area contributed by atoms with Crippen LogP contribution in [0.1, 0.15) is 37.3 Å². The van der Waals surface area contributed by atoms with E-state index in [1.54, 1.807) is 0 Å². The van der Waals surface area contributed by atoms with Gasteiger partial charge in [0.15, 0.2) is 0 Å². The number of ether oxygens (including phenoxy) is 1. The van der Waals surface area contributed by atoms with E-state index in [0.717, 1.165) is 42.1 Å². The van der Waals surface area contributed by atoms with Crippen molar-refractivity contribution in [2.24, 2.45) is 0 Å². The summed E-state index contributed by atoms with van der Waals surface area (Å²) in [6, 6.07) is 14.6. The molecule has 4 heteroatoms. The van der Waals surface area contributed by atoms with Crippen molar-refractivity contribution in [1.82, 2.24) is 15.0 Å². The highest BCUT2D eigenvalue weighted by Gasteiger charge is 2.15. The Morgan fingerprint density at radius 3 is 2.88 bits per heavy atom. The number of aryl methyl sites for hydroxylation is 1. The van der Waals surface area contributed by atoms with E-state index >= 15 is 0 Å². The van der Waals surface area contributed by atoms with Gasteiger partial charge in [-0.2, -0.15) is 0 Å². The van der Waals surface area contributed by atoms with Crippen LogP contribution in [0, 0.1) is 0 Å². The molecule has 0 bridgehead atoms. The number of nitrogens with zero attached hydrogens (tertiary/aromatic N) is 3. The van der Waals surface area contributed by atoms with E-state index in [2.05, 4.69) is 35.4 Å². The molecule has 25 heavy (non-hydrogen) atoms. The molecule has 0 saturated heterocycles. The van der Waals surface area contributed by atoms with Gasteiger partial charge in [0.1, 0.15) is 11.4 Å². The first-order valence-corrected chi connectivity index (χ1v) is 9.12. The zero-order valence-electron chi connectivity index (χ0n) is 14.6. The maximum atomic E-state index is 5.73. The molecular weight excluding hydrogens is 310 g/mol. The van der Waals surface area contributed by atoms with Gasteiger partial charge in [0.05, 0.1) is 18.5 Å². The van der Waals surface area contributed by atoms with Crippen molar-refractivity contribution in [3.8, 4) is 22.7 Å². The number of aromatic nitrogens is 3. The molecule has 0 amide bonds. The molecule has 1 aromatic heterocycles. The lowest BCUT2D eigenvalue weighted by Crippen LogP contribution is -2.08. The quantitative estimate of drug-likeness (QED) is 0.685. The average Bonchev–Trinajstić information content (AvgIpc) is 3.16. The summed E-state index contributed by atoms with van der Waals surface area (Å²) in [4.78, 5) is 0. The number of fused-ring (bicyclic) bond motifs is 1. The van der Waals surface area contributed by atoms with Crippen LogP contribution in [-0.2, 0) is 12.8 Å². The largest absolute Gasteiger partial charge is 0.494 e. The second-order valence-electron chi connectivity index (χ2n) is 6.55. The van der Waals surface area contributed by atoms with Crippen LogP contribution >= 0.6 is 0 Å². The Morgan fingerprint density at radius 1 is 1.08 bits per heavy atom. The van der Waals surface area contributed by atoms with E-state index in [1.165, 1.54) is 30.4 Å². The van der Waals surface area contributed by atoms with Gasteiger partial charge in [-0.25, -0.2) is 4.68 Å². The van der Waals surface area contributed by atoms with Crippen molar-refractivity contribution >= 4 is 0 Å². The first-order valence-electron chi connectivity index (χ1n) is 9.12. The molecule has 128 valence electrons. The number of benzene rings is 2. The Balaban J connectivity index is 1.65. The van der Waals surface area contributed by atoms with Crippen molar-refractivity contribution in [1.29, 1.82) is 0 Å². The summed E-state index contributed by atoms with van der Waals surface area (Å²) in [5.74, 6) is 0.881. The Hall–Kier alpha value is -2.62. The first-order chi connectivity index (χ1) is 12.3. The molecular formula is C21H23N3O. The van der Waals surface area contributed by atoms with Crippen molar-refractivity contribution in [3.05, 3.63) is 59.8 Å². The maximum absolute atomic E-state index is 5.73. The third kappa shape index (κ3) is 3.29. The minimum atomic E-state index is 0.728. The van der Waals surface area contributed by atoms with Gasteiger partial charge >= 0.3 is 0 Å². The van der Waals surface area contributed by atoms with E-state index in [9.17, 15) is 0 Å². The minimum Gasteiger partial charge on any atom is -0.494 e. The fourth-order valence-electron chi connectivity index (χ4n) is 3.45. The topological polar surface area (TPSA) is 39.9 Å². The molecule has 4 nitrogen and oxygen atoms in total. The molecule has 0 N–H and O–H groups in total. The van der Waals surface area contributed by atoms with Crippen LogP contribution in [0.25, 0.3) is 16.9 Å². The summed E-state index contributed by atoms with van der Waals surface area (Å²) >= 11 is 0. The van der Waals surface area contributed by atoms with E-state index < -0.39 is 0 Å². The van der Waals surface area contributed by atoms with E-state index in [-0.39, 0.29) is 0 Å². The fraction of sp³-hybridized carbons (Fsp3) is 0.333. The summed E-state index contributed by atoms with van der Waals surface area (Å²) in [5.41, 5.74) is 5.94. The van der Waals surface area contributed by atoms with Gasteiger partial charge in [0, 0.05) is 5.56 Å². The van der Waals surface area contributed by atoms with Crippen LogP contribution in [0.5, 0.6) is 5.75 Å². The van der Waals surface area contributed by atoms with Gasteiger partial charge in [-0.3, -0.25) is 0 Å². The summed E-state index contributed by atoms with van der Waals surface area (Å²) in [6.07, 6.45) is 7.84. The fourth-order valence-corrected chi connectivity index (χ4v) is 3.45. The van der Waals surface area contributed by atoms with E-state index in [0.29, 0.717) is 0 Å². The van der Waals surface area contributed by atoms with Crippen molar-refractivity contribution in [3.63, 3.8) is 0 Å². The van der Waals surface area contributed by atoms with Crippen LogP contribution in [0.15, 0.2) is 48.7 Å². The number of hydrogen-bond acceptors (Lipinski definition) is 3. The lowest BCUT2D eigenvalue weighted by atomic mass is 9.90. The van der Waals surface area contributed by atoms with E-state index in [1.807, 2.05) is 35.1 Å². The van der Waals surface area contributed by atoms with Gasteiger partial charge in [-0.1, -0.05) is 36.4 Å². The molecule has 2 aromatic carbocycles. The van der Waals surface area contributed by atoms with Crippen LogP contribution in [0.3, 0.4) is 0 Å². The SMILES string of the molecule is CCCOc1cccc(-c2cn(-c3cccc4c3CCCC4)nn2)c1. The van der Waals surface area contributed by atoms with Crippen LogP contribution in [0.2, 0.25) is 0 Å². The Labute approximate surface area is 148 Å². The first kappa shape index (κ1) is 15.9. The smallest absolute Gasteiger partial charge is 0.119 e.